The summed E-state index contributed by atoms with van der Waals surface area (Å²) in [6.07, 6.45) is 0. The minimum absolute atomic E-state index is 0.905. The van der Waals surface area contributed by atoms with Gasteiger partial charge in [0.2, 0.25) is 0 Å². The number of nitrogens with one attached hydrogen (secondary N) is 1. The average Bonchev–Trinajstić information content (AvgIpc) is 2.56. The molecule has 0 fully saturated rings. The Bertz CT molecular complexity index is 353. The second-order valence-electron chi connectivity index (χ2n) is 3.48. The van der Waals surface area contributed by atoms with Crippen molar-refractivity contribution in [3.63, 3.8) is 0 Å². The van der Waals surface area contributed by atoms with Crippen LogP contribution in [0.25, 0.3) is 0 Å². The molecule has 0 atom stereocenters. The predicted octanol–water partition coefficient (Wildman–Crippen LogP) is 1.65. The van der Waals surface area contributed by atoms with E-state index in [1.54, 1.807) is 0 Å². The molecule has 1 N–H and O–H groups in total. The Balaban J connectivity index is 2.40. The van der Waals surface area contributed by atoms with Crippen LogP contribution in [0.1, 0.15) is 16.7 Å². The Hall–Kier alpha value is -1.31. The van der Waals surface area contributed by atoms with E-state index in [0.29, 0.717) is 0 Å². The maximum atomic E-state index is 4.40. The number of hydrogen-bond donors (Lipinski definition) is 1. The van der Waals surface area contributed by atoms with Crippen molar-refractivity contribution in [3.8, 4) is 0 Å². The van der Waals surface area contributed by atoms with Gasteiger partial charge in [0.15, 0.2) is 0 Å². The lowest BCUT2D eigenvalue weighted by molar-refractivity contribution is 0.959. The van der Waals surface area contributed by atoms with Crippen LogP contribution in [0.15, 0.2) is 23.2 Å². The first-order valence-corrected chi connectivity index (χ1v) is 4.63. The predicted molar refractivity (Wildman–Crippen MR) is 55.3 cm³/mol. The highest BCUT2D eigenvalue weighted by molar-refractivity contribution is 6.00. The van der Waals surface area contributed by atoms with E-state index in [9.17, 15) is 0 Å². The van der Waals surface area contributed by atoms with Gasteiger partial charge in [-0.3, -0.25) is 4.99 Å². The standard InChI is InChI=1S/C11H14N2/c1-8-3-4-10(9(2)7-8)11-12-5-6-13-11/h3-4,7H,5-6H2,1-2H3,(H,12,13). The fourth-order valence-corrected chi connectivity index (χ4v) is 1.66. The third kappa shape index (κ3) is 1.57. The molecule has 0 saturated carbocycles. The van der Waals surface area contributed by atoms with E-state index < -0.39 is 0 Å². The minimum atomic E-state index is 0.905. The Morgan fingerprint density at radius 2 is 2.15 bits per heavy atom. The van der Waals surface area contributed by atoms with Crippen molar-refractivity contribution < 1.29 is 0 Å². The Morgan fingerprint density at radius 3 is 2.77 bits per heavy atom. The number of benzene rings is 1. The van der Waals surface area contributed by atoms with Crippen molar-refractivity contribution in [2.45, 2.75) is 13.8 Å². The topological polar surface area (TPSA) is 24.4 Å². The summed E-state index contributed by atoms with van der Waals surface area (Å²) in [6, 6.07) is 6.46. The lowest BCUT2D eigenvalue weighted by Crippen LogP contribution is -2.20. The molecule has 0 amide bonds. The number of aliphatic imine (C=N–C) groups is 1. The summed E-state index contributed by atoms with van der Waals surface area (Å²) in [6.45, 7) is 6.12. The molecular formula is C11H14N2. The van der Waals surface area contributed by atoms with Gasteiger partial charge in [0.05, 0.1) is 6.54 Å². The first-order valence-electron chi connectivity index (χ1n) is 4.63. The van der Waals surface area contributed by atoms with Crippen LogP contribution < -0.4 is 5.32 Å². The highest BCUT2D eigenvalue weighted by Gasteiger charge is 2.09. The third-order valence-corrected chi connectivity index (χ3v) is 2.31. The minimum Gasteiger partial charge on any atom is -0.368 e. The second kappa shape index (κ2) is 3.21. The molecule has 1 aromatic rings. The molecule has 0 bridgehead atoms. The summed E-state index contributed by atoms with van der Waals surface area (Å²) in [4.78, 5) is 4.40. The summed E-state index contributed by atoms with van der Waals surface area (Å²) >= 11 is 0. The van der Waals surface area contributed by atoms with Crippen LogP contribution in [0.5, 0.6) is 0 Å². The van der Waals surface area contributed by atoms with Crippen LogP contribution in [-0.2, 0) is 0 Å². The van der Waals surface area contributed by atoms with Gasteiger partial charge in [-0.2, -0.15) is 0 Å². The lowest BCUT2D eigenvalue weighted by Gasteiger charge is -2.06. The second-order valence-corrected chi connectivity index (χ2v) is 3.48. The van der Waals surface area contributed by atoms with E-state index >= 15 is 0 Å². The van der Waals surface area contributed by atoms with Crippen LogP contribution in [-0.4, -0.2) is 18.9 Å². The van der Waals surface area contributed by atoms with Crippen LogP contribution >= 0.6 is 0 Å². The van der Waals surface area contributed by atoms with Gasteiger partial charge in [0.1, 0.15) is 5.84 Å². The molecule has 1 aliphatic rings. The molecule has 0 spiro atoms. The van der Waals surface area contributed by atoms with Crippen molar-refractivity contribution >= 4 is 5.84 Å². The smallest absolute Gasteiger partial charge is 0.128 e. The molecule has 1 heterocycles. The van der Waals surface area contributed by atoms with E-state index in [4.69, 9.17) is 0 Å². The van der Waals surface area contributed by atoms with E-state index in [0.717, 1.165) is 18.9 Å². The quantitative estimate of drug-likeness (QED) is 0.688. The van der Waals surface area contributed by atoms with Crippen molar-refractivity contribution in [2.24, 2.45) is 4.99 Å². The molecule has 0 aromatic heterocycles. The zero-order valence-corrected chi connectivity index (χ0v) is 8.09. The van der Waals surface area contributed by atoms with Gasteiger partial charge in [-0.15, -0.1) is 0 Å². The molecular weight excluding hydrogens is 160 g/mol. The number of rotatable bonds is 1. The maximum Gasteiger partial charge on any atom is 0.128 e. The number of hydrogen-bond acceptors (Lipinski definition) is 2. The molecule has 2 nitrogen and oxygen atoms in total. The van der Waals surface area contributed by atoms with Gasteiger partial charge in [0.25, 0.3) is 0 Å². The molecule has 0 unspecified atom stereocenters. The normalized spacial score (nSPS) is 15.4. The molecule has 0 radical (unpaired) electrons. The summed E-state index contributed by atoms with van der Waals surface area (Å²) in [5.74, 6) is 1.05. The highest BCUT2D eigenvalue weighted by atomic mass is 15.1. The lowest BCUT2D eigenvalue weighted by atomic mass is 10.1. The molecule has 2 rings (SSSR count). The van der Waals surface area contributed by atoms with Gasteiger partial charge >= 0.3 is 0 Å². The van der Waals surface area contributed by atoms with Crippen molar-refractivity contribution in [1.29, 1.82) is 0 Å². The SMILES string of the molecule is Cc1ccc(C2=NCCN2)c(C)c1. The Morgan fingerprint density at radius 1 is 1.31 bits per heavy atom. The Kier molecular flexibility index (Phi) is 2.05. The first-order chi connectivity index (χ1) is 6.27. The van der Waals surface area contributed by atoms with Gasteiger partial charge in [0, 0.05) is 12.1 Å². The van der Waals surface area contributed by atoms with Crippen LogP contribution in [0.2, 0.25) is 0 Å². The molecule has 0 saturated heterocycles. The maximum absolute atomic E-state index is 4.40. The van der Waals surface area contributed by atoms with Gasteiger partial charge in [-0.05, 0) is 19.4 Å². The molecule has 1 aliphatic heterocycles. The van der Waals surface area contributed by atoms with Gasteiger partial charge in [-0.25, -0.2) is 0 Å². The van der Waals surface area contributed by atoms with Crippen molar-refractivity contribution in [2.75, 3.05) is 13.1 Å². The summed E-state index contributed by atoms with van der Waals surface area (Å²) in [5.41, 5.74) is 3.84. The summed E-state index contributed by atoms with van der Waals surface area (Å²) < 4.78 is 0. The van der Waals surface area contributed by atoms with E-state index in [1.807, 2.05) is 0 Å². The summed E-state index contributed by atoms with van der Waals surface area (Å²) in [7, 11) is 0. The number of amidine groups is 1. The van der Waals surface area contributed by atoms with Crippen molar-refractivity contribution in [1.82, 2.24) is 5.32 Å². The van der Waals surface area contributed by atoms with Gasteiger partial charge < -0.3 is 5.32 Å². The molecule has 68 valence electrons. The number of aryl methyl sites for hydroxylation is 2. The first kappa shape index (κ1) is 8.30. The van der Waals surface area contributed by atoms with Crippen LogP contribution in [0.4, 0.5) is 0 Å². The van der Waals surface area contributed by atoms with Gasteiger partial charge in [-0.1, -0.05) is 23.8 Å². The Labute approximate surface area is 78.7 Å². The third-order valence-electron chi connectivity index (χ3n) is 2.31. The van der Waals surface area contributed by atoms with Crippen molar-refractivity contribution in [3.05, 3.63) is 34.9 Å². The van der Waals surface area contributed by atoms with E-state index in [-0.39, 0.29) is 0 Å². The van der Waals surface area contributed by atoms with Crippen LogP contribution in [0.3, 0.4) is 0 Å². The number of nitrogens with zero attached hydrogens (tertiary/aromatic N) is 1. The van der Waals surface area contributed by atoms with E-state index in [1.165, 1.54) is 16.7 Å². The molecule has 2 heteroatoms. The highest BCUT2D eigenvalue weighted by Crippen LogP contribution is 2.11. The fraction of sp³-hybridized carbons (Fsp3) is 0.364. The average molecular weight is 174 g/mol. The fourth-order valence-electron chi connectivity index (χ4n) is 1.66. The molecule has 1 aromatic carbocycles. The van der Waals surface area contributed by atoms with Crippen LogP contribution in [0, 0.1) is 13.8 Å². The molecule has 13 heavy (non-hydrogen) atoms. The summed E-state index contributed by atoms with van der Waals surface area (Å²) in [5, 5.41) is 3.28. The van der Waals surface area contributed by atoms with E-state index in [2.05, 4.69) is 42.4 Å². The zero-order chi connectivity index (χ0) is 9.26. The zero-order valence-electron chi connectivity index (χ0n) is 8.09. The monoisotopic (exact) mass is 174 g/mol. The molecule has 0 aliphatic carbocycles. The largest absolute Gasteiger partial charge is 0.368 e.